The van der Waals surface area contributed by atoms with Gasteiger partial charge in [-0.25, -0.2) is 4.57 Å². The molecule has 0 saturated carbocycles. The molecule has 140 valence electrons. The van der Waals surface area contributed by atoms with E-state index in [0.29, 0.717) is 33.3 Å². The summed E-state index contributed by atoms with van der Waals surface area (Å²) in [6, 6.07) is 15.1. The van der Waals surface area contributed by atoms with E-state index in [2.05, 4.69) is 16.3 Å². The number of hydrogen-bond acceptors (Lipinski definition) is 6. The van der Waals surface area contributed by atoms with Crippen molar-refractivity contribution in [2.24, 2.45) is 0 Å². The average Bonchev–Trinajstić information content (AvgIpc) is 3.11. The molecule has 0 amide bonds. The Morgan fingerprint density at radius 3 is 2.75 bits per heavy atom. The van der Waals surface area contributed by atoms with Crippen molar-refractivity contribution in [1.82, 2.24) is 19.2 Å². The summed E-state index contributed by atoms with van der Waals surface area (Å²) in [6.07, 6.45) is 0. The quantitative estimate of drug-likeness (QED) is 0.496. The van der Waals surface area contributed by atoms with Gasteiger partial charge in [0.2, 0.25) is 5.78 Å². The van der Waals surface area contributed by atoms with Gasteiger partial charge < -0.3 is 4.74 Å². The maximum absolute atomic E-state index is 13.4. The molecular formula is C20H17N5O2S. The monoisotopic (exact) mass is 391 g/mol. The lowest BCUT2D eigenvalue weighted by atomic mass is 10.2. The van der Waals surface area contributed by atoms with Gasteiger partial charge in [0.15, 0.2) is 5.16 Å². The summed E-state index contributed by atoms with van der Waals surface area (Å²) in [5.74, 6) is 0.938. The lowest BCUT2D eigenvalue weighted by Gasteiger charge is -2.14. The summed E-state index contributed by atoms with van der Waals surface area (Å²) in [6.45, 7) is 3.75. The molecule has 0 aliphatic rings. The van der Waals surface area contributed by atoms with E-state index >= 15 is 0 Å². The Morgan fingerprint density at radius 1 is 1.21 bits per heavy atom. The topological polar surface area (TPSA) is 85.2 Å². The van der Waals surface area contributed by atoms with Crippen LogP contribution >= 0.6 is 11.8 Å². The molecule has 1 atom stereocenters. The van der Waals surface area contributed by atoms with Crippen molar-refractivity contribution in [3.05, 3.63) is 58.4 Å². The number of nitrogens with zero attached hydrogens (tertiary/aromatic N) is 5. The zero-order valence-electron chi connectivity index (χ0n) is 15.6. The highest BCUT2D eigenvalue weighted by atomic mass is 32.2. The van der Waals surface area contributed by atoms with Gasteiger partial charge in [-0.05, 0) is 43.7 Å². The highest BCUT2D eigenvalue weighted by Crippen LogP contribution is 2.28. The van der Waals surface area contributed by atoms with E-state index in [1.807, 2.05) is 47.7 Å². The van der Waals surface area contributed by atoms with E-state index in [1.54, 1.807) is 20.1 Å². The van der Waals surface area contributed by atoms with Gasteiger partial charge >= 0.3 is 0 Å². The van der Waals surface area contributed by atoms with Gasteiger partial charge in [0, 0.05) is 0 Å². The SMILES string of the molecule is COc1ccc(C)cc1-n1c(=O)c2ccccc2n2c(SC(C)C#N)nnc12. The van der Waals surface area contributed by atoms with Crippen LogP contribution in [-0.4, -0.2) is 31.5 Å². The molecule has 0 aliphatic heterocycles. The molecule has 28 heavy (non-hydrogen) atoms. The smallest absolute Gasteiger partial charge is 0.267 e. The average molecular weight is 391 g/mol. The molecule has 0 fully saturated rings. The summed E-state index contributed by atoms with van der Waals surface area (Å²) in [5.41, 5.74) is 2.08. The Labute approximate surface area is 165 Å². The van der Waals surface area contributed by atoms with Crippen LogP contribution in [0.2, 0.25) is 0 Å². The Balaban J connectivity index is 2.16. The molecule has 8 heteroatoms. The largest absolute Gasteiger partial charge is 0.495 e. The van der Waals surface area contributed by atoms with Crippen molar-refractivity contribution in [2.45, 2.75) is 24.3 Å². The molecule has 7 nitrogen and oxygen atoms in total. The van der Waals surface area contributed by atoms with Gasteiger partial charge in [-0.3, -0.25) is 9.20 Å². The van der Waals surface area contributed by atoms with Crippen LogP contribution in [0.1, 0.15) is 12.5 Å². The third-order valence-electron chi connectivity index (χ3n) is 4.43. The number of benzene rings is 2. The Morgan fingerprint density at radius 2 is 2.00 bits per heavy atom. The summed E-state index contributed by atoms with van der Waals surface area (Å²) in [7, 11) is 1.57. The van der Waals surface area contributed by atoms with Crippen LogP contribution in [0, 0.1) is 18.3 Å². The molecule has 0 spiro atoms. The van der Waals surface area contributed by atoms with Crippen molar-refractivity contribution in [1.29, 1.82) is 5.26 Å². The number of para-hydroxylation sites is 1. The van der Waals surface area contributed by atoms with Crippen LogP contribution in [0.15, 0.2) is 52.4 Å². The predicted molar refractivity (Wildman–Crippen MR) is 108 cm³/mol. The maximum Gasteiger partial charge on any atom is 0.267 e. The molecule has 0 saturated heterocycles. The van der Waals surface area contributed by atoms with E-state index in [1.165, 1.54) is 16.3 Å². The van der Waals surface area contributed by atoms with Crippen molar-refractivity contribution < 1.29 is 4.74 Å². The van der Waals surface area contributed by atoms with Crippen LogP contribution in [0.4, 0.5) is 0 Å². The number of aryl methyl sites for hydroxylation is 1. The molecule has 1 unspecified atom stereocenters. The van der Waals surface area contributed by atoms with E-state index < -0.39 is 0 Å². The first-order chi connectivity index (χ1) is 13.5. The van der Waals surface area contributed by atoms with Crippen LogP contribution < -0.4 is 10.3 Å². The number of ether oxygens (including phenoxy) is 1. The standard InChI is InChI=1S/C20H17N5O2S/c1-12-8-9-17(27-3)16(10-12)24-18(26)14-6-4-5-7-15(14)25-19(24)22-23-20(25)28-13(2)11-21/h4-10,13H,1-3H3. The number of hydrogen-bond donors (Lipinski definition) is 0. The van der Waals surface area contributed by atoms with Gasteiger partial charge in [0.25, 0.3) is 5.56 Å². The zero-order valence-corrected chi connectivity index (χ0v) is 16.4. The minimum atomic E-state index is -0.306. The fourth-order valence-electron chi connectivity index (χ4n) is 3.13. The molecule has 0 bridgehead atoms. The Bertz CT molecular complexity index is 1300. The number of fused-ring (bicyclic) bond motifs is 3. The molecule has 0 radical (unpaired) electrons. The second-order valence-corrected chi connectivity index (χ2v) is 7.65. The fraction of sp³-hybridized carbons (Fsp3) is 0.200. The van der Waals surface area contributed by atoms with E-state index in [-0.39, 0.29) is 10.8 Å². The van der Waals surface area contributed by atoms with Crippen LogP contribution in [-0.2, 0) is 0 Å². The Kier molecular flexibility index (Phi) is 4.53. The van der Waals surface area contributed by atoms with Gasteiger partial charge in [-0.15, -0.1) is 10.2 Å². The number of rotatable bonds is 4. The first-order valence-corrected chi connectivity index (χ1v) is 9.53. The molecule has 0 aliphatic carbocycles. The summed E-state index contributed by atoms with van der Waals surface area (Å²) >= 11 is 1.30. The normalized spacial score (nSPS) is 12.2. The molecule has 4 aromatic rings. The van der Waals surface area contributed by atoms with Crippen molar-refractivity contribution in [3.8, 4) is 17.5 Å². The third kappa shape index (κ3) is 2.80. The van der Waals surface area contributed by atoms with Gasteiger partial charge in [-0.1, -0.05) is 30.0 Å². The molecular weight excluding hydrogens is 374 g/mol. The highest BCUT2D eigenvalue weighted by Gasteiger charge is 2.21. The van der Waals surface area contributed by atoms with Crippen LogP contribution in [0.5, 0.6) is 5.75 Å². The number of nitriles is 1. The van der Waals surface area contributed by atoms with Crippen molar-refractivity contribution >= 4 is 28.4 Å². The molecule has 2 aromatic heterocycles. The summed E-state index contributed by atoms with van der Waals surface area (Å²) < 4.78 is 8.83. The number of thioether (sulfide) groups is 1. The third-order valence-corrected chi connectivity index (χ3v) is 5.37. The lowest BCUT2D eigenvalue weighted by molar-refractivity contribution is 0.412. The van der Waals surface area contributed by atoms with E-state index in [0.717, 1.165) is 5.56 Å². The number of methoxy groups -OCH3 is 1. The second kappa shape index (κ2) is 7.02. The summed E-state index contributed by atoms with van der Waals surface area (Å²) in [5, 5.41) is 18.5. The van der Waals surface area contributed by atoms with E-state index in [4.69, 9.17) is 4.74 Å². The number of aromatic nitrogens is 4. The first kappa shape index (κ1) is 18.1. The maximum atomic E-state index is 13.4. The van der Waals surface area contributed by atoms with E-state index in [9.17, 15) is 10.1 Å². The molecule has 2 heterocycles. The lowest BCUT2D eigenvalue weighted by Crippen LogP contribution is -2.22. The zero-order chi connectivity index (χ0) is 19.8. The van der Waals surface area contributed by atoms with Gasteiger partial charge in [-0.2, -0.15) is 5.26 Å². The predicted octanol–water partition coefficient (Wildman–Crippen LogP) is 3.35. The molecule has 4 rings (SSSR count). The minimum absolute atomic E-state index is 0.204. The fourth-order valence-corrected chi connectivity index (χ4v) is 3.87. The second-order valence-electron chi connectivity index (χ2n) is 6.34. The van der Waals surface area contributed by atoms with Gasteiger partial charge in [0.1, 0.15) is 5.75 Å². The minimum Gasteiger partial charge on any atom is -0.495 e. The molecule has 0 N–H and O–H groups in total. The van der Waals surface area contributed by atoms with Gasteiger partial charge in [0.05, 0.1) is 35.0 Å². The van der Waals surface area contributed by atoms with Crippen molar-refractivity contribution in [2.75, 3.05) is 7.11 Å². The Hall–Kier alpha value is -3.31. The summed E-state index contributed by atoms with van der Waals surface area (Å²) in [4.78, 5) is 13.4. The van der Waals surface area contributed by atoms with Crippen LogP contribution in [0.25, 0.3) is 22.4 Å². The first-order valence-electron chi connectivity index (χ1n) is 8.65. The molecule has 2 aromatic carbocycles. The highest BCUT2D eigenvalue weighted by molar-refractivity contribution is 8.00. The van der Waals surface area contributed by atoms with Crippen molar-refractivity contribution in [3.63, 3.8) is 0 Å². The van der Waals surface area contributed by atoms with Crippen LogP contribution in [0.3, 0.4) is 0 Å².